The number of carbonyl (C=O) groups excluding carboxylic acids is 2. The van der Waals surface area contributed by atoms with E-state index in [-0.39, 0.29) is 11.9 Å². The Bertz CT molecular complexity index is 1280. The van der Waals surface area contributed by atoms with Gasteiger partial charge in [0.25, 0.3) is 5.91 Å². The first-order valence-corrected chi connectivity index (χ1v) is 10.2. The first-order valence-electron chi connectivity index (χ1n) is 9.38. The molecule has 5 nitrogen and oxygen atoms in total. The van der Waals surface area contributed by atoms with Crippen LogP contribution < -0.4 is 4.80 Å². The summed E-state index contributed by atoms with van der Waals surface area (Å²) in [5.41, 5.74) is 1.40. The molecule has 3 aromatic carbocycles. The van der Waals surface area contributed by atoms with Gasteiger partial charge in [0.1, 0.15) is 6.04 Å². The number of hydrogen-bond donors (Lipinski definition) is 0. The summed E-state index contributed by atoms with van der Waals surface area (Å²) in [6, 6.07) is 20.5. The van der Waals surface area contributed by atoms with Gasteiger partial charge in [0.2, 0.25) is 0 Å². The second kappa shape index (κ2) is 8.01. The molecule has 0 saturated heterocycles. The Kier molecular flexibility index (Phi) is 5.27. The van der Waals surface area contributed by atoms with E-state index in [1.807, 2.05) is 72.2 Å². The number of para-hydroxylation sites is 1. The number of hydrogen-bond acceptors (Lipinski definition) is 4. The largest absolute Gasteiger partial charge is 0.467 e. The Balaban J connectivity index is 1.93. The van der Waals surface area contributed by atoms with E-state index in [4.69, 9.17) is 4.74 Å². The van der Waals surface area contributed by atoms with Crippen molar-refractivity contribution in [1.82, 2.24) is 4.57 Å². The molecule has 1 aromatic heterocycles. The quantitative estimate of drug-likeness (QED) is 0.462. The Labute approximate surface area is 171 Å². The maximum atomic E-state index is 13.1. The van der Waals surface area contributed by atoms with Gasteiger partial charge in [0.15, 0.2) is 4.80 Å². The molecule has 0 fully saturated rings. The maximum Gasteiger partial charge on any atom is 0.328 e. The van der Waals surface area contributed by atoms with Crippen LogP contribution in [0.25, 0.3) is 21.0 Å². The van der Waals surface area contributed by atoms with Crippen molar-refractivity contribution in [1.29, 1.82) is 0 Å². The average Bonchev–Trinajstić information content (AvgIpc) is 3.11. The average molecular weight is 404 g/mol. The maximum absolute atomic E-state index is 13.1. The number of benzene rings is 3. The van der Waals surface area contributed by atoms with Crippen molar-refractivity contribution in [2.24, 2.45) is 4.99 Å². The smallest absolute Gasteiger partial charge is 0.328 e. The molecular weight excluding hydrogens is 384 g/mol. The molecule has 1 heterocycles. The summed E-state index contributed by atoms with van der Waals surface area (Å²) >= 11 is 1.39. The number of carbonyl (C=O) groups is 2. The van der Waals surface area contributed by atoms with Gasteiger partial charge in [0.05, 0.1) is 17.3 Å². The highest BCUT2D eigenvalue weighted by atomic mass is 32.1. The summed E-state index contributed by atoms with van der Waals surface area (Å²) in [6.07, 6.45) is 0.531. The van der Waals surface area contributed by atoms with Gasteiger partial charge in [-0.3, -0.25) is 4.79 Å². The SMILES string of the molecule is CCC(C(=O)OC)n1c(=NC(=O)c2cccc3ccccc23)sc2ccccc21. The van der Waals surface area contributed by atoms with Crippen molar-refractivity contribution in [3.05, 3.63) is 77.1 Å². The highest BCUT2D eigenvalue weighted by Gasteiger charge is 2.23. The Morgan fingerprint density at radius 1 is 1.03 bits per heavy atom. The number of amides is 1. The van der Waals surface area contributed by atoms with E-state index in [0.717, 1.165) is 21.0 Å². The summed E-state index contributed by atoms with van der Waals surface area (Å²) in [5.74, 6) is -0.683. The molecule has 4 aromatic rings. The third-order valence-corrected chi connectivity index (χ3v) is 5.96. The molecule has 0 aliphatic rings. The molecule has 0 N–H and O–H groups in total. The highest BCUT2D eigenvalue weighted by molar-refractivity contribution is 7.16. The minimum absolute atomic E-state index is 0.332. The predicted molar refractivity (Wildman–Crippen MR) is 115 cm³/mol. The third-order valence-electron chi connectivity index (χ3n) is 4.92. The Morgan fingerprint density at radius 2 is 1.76 bits per heavy atom. The van der Waals surface area contributed by atoms with E-state index in [2.05, 4.69) is 4.99 Å². The van der Waals surface area contributed by atoms with Crippen LogP contribution in [0, 0.1) is 0 Å². The molecule has 0 bridgehead atoms. The number of methoxy groups -OCH3 is 1. The minimum atomic E-state index is -0.546. The predicted octanol–water partition coefficient (Wildman–Crippen LogP) is 4.72. The molecular formula is C23H20N2O3S. The van der Waals surface area contributed by atoms with Crippen LogP contribution >= 0.6 is 11.3 Å². The first kappa shape index (κ1) is 19.1. The summed E-state index contributed by atoms with van der Waals surface area (Å²) in [6.45, 7) is 1.91. The molecule has 146 valence electrons. The fourth-order valence-corrected chi connectivity index (χ4v) is 4.59. The minimum Gasteiger partial charge on any atom is -0.467 e. The molecule has 4 rings (SSSR count). The van der Waals surface area contributed by atoms with Crippen LogP contribution in [0.5, 0.6) is 0 Å². The van der Waals surface area contributed by atoms with Gasteiger partial charge in [-0.2, -0.15) is 4.99 Å². The second-order valence-electron chi connectivity index (χ2n) is 6.61. The lowest BCUT2D eigenvalue weighted by Crippen LogP contribution is -2.28. The van der Waals surface area contributed by atoms with Crippen molar-refractivity contribution in [3.8, 4) is 0 Å². The molecule has 6 heteroatoms. The van der Waals surface area contributed by atoms with Crippen LogP contribution in [0.3, 0.4) is 0 Å². The molecule has 1 atom stereocenters. The zero-order valence-corrected chi connectivity index (χ0v) is 17.0. The van der Waals surface area contributed by atoms with Gasteiger partial charge >= 0.3 is 5.97 Å². The van der Waals surface area contributed by atoms with E-state index in [1.165, 1.54) is 18.4 Å². The van der Waals surface area contributed by atoms with Crippen molar-refractivity contribution in [3.63, 3.8) is 0 Å². The van der Waals surface area contributed by atoms with Crippen LogP contribution in [-0.4, -0.2) is 23.6 Å². The molecule has 0 saturated carbocycles. The van der Waals surface area contributed by atoms with Gasteiger partial charge < -0.3 is 9.30 Å². The number of rotatable bonds is 4. The number of thiazole rings is 1. The highest BCUT2D eigenvalue weighted by Crippen LogP contribution is 2.24. The van der Waals surface area contributed by atoms with Crippen molar-refractivity contribution >= 4 is 44.2 Å². The lowest BCUT2D eigenvalue weighted by molar-refractivity contribution is -0.144. The fourth-order valence-electron chi connectivity index (χ4n) is 3.52. The molecule has 1 unspecified atom stereocenters. The normalized spacial score (nSPS) is 13.0. The van der Waals surface area contributed by atoms with Gasteiger partial charge in [-0.25, -0.2) is 4.79 Å². The van der Waals surface area contributed by atoms with Crippen molar-refractivity contribution < 1.29 is 14.3 Å². The van der Waals surface area contributed by atoms with Gasteiger partial charge in [-0.05, 0) is 35.4 Å². The van der Waals surface area contributed by atoms with Crippen LogP contribution in [0.15, 0.2) is 71.7 Å². The zero-order chi connectivity index (χ0) is 20.4. The molecule has 1 amide bonds. The van der Waals surface area contributed by atoms with Crippen LogP contribution in [-0.2, 0) is 9.53 Å². The van der Waals surface area contributed by atoms with Crippen LogP contribution in [0.4, 0.5) is 0 Å². The van der Waals surface area contributed by atoms with Crippen molar-refractivity contribution in [2.45, 2.75) is 19.4 Å². The topological polar surface area (TPSA) is 60.7 Å². The van der Waals surface area contributed by atoms with Crippen LogP contribution in [0.1, 0.15) is 29.7 Å². The lowest BCUT2D eigenvalue weighted by Gasteiger charge is -2.15. The van der Waals surface area contributed by atoms with E-state index in [1.54, 1.807) is 6.07 Å². The molecule has 0 aliphatic carbocycles. The summed E-state index contributed by atoms with van der Waals surface area (Å²) < 4.78 is 7.77. The zero-order valence-electron chi connectivity index (χ0n) is 16.2. The third kappa shape index (κ3) is 3.47. The number of nitrogens with zero attached hydrogens (tertiary/aromatic N) is 2. The Hall–Kier alpha value is -3.25. The van der Waals surface area contributed by atoms with E-state index >= 15 is 0 Å². The van der Waals surface area contributed by atoms with E-state index < -0.39 is 6.04 Å². The van der Waals surface area contributed by atoms with E-state index in [0.29, 0.717) is 16.8 Å². The summed E-state index contributed by atoms with van der Waals surface area (Å²) in [4.78, 5) is 30.4. The summed E-state index contributed by atoms with van der Waals surface area (Å²) in [7, 11) is 1.37. The van der Waals surface area contributed by atoms with Gasteiger partial charge in [0, 0.05) is 5.56 Å². The molecule has 0 aliphatic heterocycles. The van der Waals surface area contributed by atoms with Gasteiger partial charge in [-0.15, -0.1) is 0 Å². The van der Waals surface area contributed by atoms with E-state index in [9.17, 15) is 9.59 Å². The Morgan fingerprint density at radius 3 is 2.55 bits per heavy atom. The van der Waals surface area contributed by atoms with Crippen LogP contribution in [0.2, 0.25) is 0 Å². The van der Waals surface area contributed by atoms with Gasteiger partial charge in [-0.1, -0.05) is 66.8 Å². The monoisotopic (exact) mass is 404 g/mol. The fraction of sp³-hybridized carbons (Fsp3) is 0.174. The summed E-state index contributed by atoms with van der Waals surface area (Å²) in [5, 5.41) is 1.84. The molecule has 0 radical (unpaired) electrons. The molecule has 0 spiro atoms. The molecule has 29 heavy (non-hydrogen) atoms. The second-order valence-corrected chi connectivity index (χ2v) is 7.62. The number of esters is 1. The van der Waals surface area contributed by atoms with Crippen molar-refractivity contribution in [2.75, 3.05) is 7.11 Å². The first-order chi connectivity index (χ1) is 14.1. The number of aromatic nitrogens is 1. The number of fused-ring (bicyclic) bond motifs is 2. The number of ether oxygens (including phenoxy) is 1. The standard InChI is InChI=1S/C23H20N2O3S/c1-3-18(22(27)28-2)25-19-13-6-7-14-20(19)29-23(25)24-21(26)17-12-8-10-15-9-4-5-11-16(15)17/h4-14,18H,3H2,1-2H3. The lowest BCUT2D eigenvalue weighted by atomic mass is 10.0.